The van der Waals surface area contributed by atoms with Gasteiger partial charge in [-0.1, -0.05) is 0 Å². The van der Waals surface area contributed by atoms with Crippen LogP contribution >= 0.6 is 23.1 Å². The molecule has 0 spiro atoms. The first-order valence-electron chi connectivity index (χ1n) is 6.30. The summed E-state index contributed by atoms with van der Waals surface area (Å²) in [7, 11) is -1.66. The molecule has 1 N–H and O–H groups in total. The lowest BCUT2D eigenvalue weighted by molar-refractivity contribution is 0.490. The largest absolute Gasteiger partial charge is 0.310 e. The Hall–Kier alpha value is -0.0800. The van der Waals surface area contributed by atoms with E-state index in [-0.39, 0.29) is 0 Å². The molecule has 0 amide bonds. The molecule has 0 atom stereocenters. The fourth-order valence-corrected chi connectivity index (χ4v) is 4.79. The molecule has 1 aliphatic carbocycles. The summed E-state index contributed by atoms with van der Waals surface area (Å²) in [5.41, 5.74) is 1.06. The highest BCUT2D eigenvalue weighted by molar-refractivity contribution is 7.98. The summed E-state index contributed by atoms with van der Waals surface area (Å²) in [6.45, 7) is 1.32. The second kappa shape index (κ2) is 6.58. The van der Waals surface area contributed by atoms with Crippen LogP contribution in [0.5, 0.6) is 0 Å². The highest BCUT2D eigenvalue weighted by Gasteiger charge is 2.23. The third-order valence-corrected chi connectivity index (χ3v) is 6.99. The predicted octanol–water partition coefficient (Wildman–Crippen LogP) is 1.98. The monoisotopic (exact) mass is 320 g/mol. The van der Waals surface area contributed by atoms with Gasteiger partial charge in [0, 0.05) is 31.9 Å². The first kappa shape index (κ1) is 15.3. The van der Waals surface area contributed by atoms with Gasteiger partial charge in [0.05, 0.1) is 0 Å². The van der Waals surface area contributed by atoms with Crippen LogP contribution in [0.25, 0.3) is 0 Å². The molecule has 0 radical (unpaired) electrons. The van der Waals surface area contributed by atoms with E-state index in [1.165, 1.54) is 28.5 Å². The average molecular weight is 321 g/mol. The Morgan fingerprint density at radius 1 is 1.53 bits per heavy atom. The Labute approximate surface area is 123 Å². The average Bonchev–Trinajstić information content (AvgIpc) is 3.09. The van der Waals surface area contributed by atoms with Gasteiger partial charge in [0.2, 0.25) is 0 Å². The molecule has 0 aromatic carbocycles. The van der Waals surface area contributed by atoms with E-state index in [0.29, 0.717) is 16.8 Å². The molecule has 108 valence electrons. The molecule has 0 bridgehead atoms. The zero-order valence-electron chi connectivity index (χ0n) is 11.3. The van der Waals surface area contributed by atoms with Crippen LogP contribution in [0.4, 0.5) is 0 Å². The summed E-state index contributed by atoms with van der Waals surface area (Å²) in [6, 6.07) is 2.44. The quantitative estimate of drug-likeness (QED) is 0.796. The lowest BCUT2D eigenvalue weighted by atomic mass is 10.3. The fraction of sp³-hybridized carbons (Fsp3) is 0.667. The Balaban J connectivity index is 1.98. The van der Waals surface area contributed by atoms with E-state index < -0.39 is 10.0 Å². The zero-order chi connectivity index (χ0) is 13.9. The Kier molecular flexibility index (Phi) is 5.30. The van der Waals surface area contributed by atoms with Gasteiger partial charge in [0.1, 0.15) is 4.21 Å². The van der Waals surface area contributed by atoms with Crippen molar-refractivity contribution in [1.82, 2.24) is 9.62 Å². The van der Waals surface area contributed by atoms with E-state index in [2.05, 4.69) is 5.32 Å². The van der Waals surface area contributed by atoms with Crippen molar-refractivity contribution in [3.05, 3.63) is 17.0 Å². The van der Waals surface area contributed by atoms with Gasteiger partial charge in [-0.15, -0.1) is 11.3 Å². The number of nitrogens with zero attached hydrogens (tertiary/aromatic N) is 1. The minimum absolute atomic E-state index is 0.448. The van der Waals surface area contributed by atoms with Crippen LogP contribution in [0.15, 0.2) is 15.7 Å². The van der Waals surface area contributed by atoms with Gasteiger partial charge in [-0.2, -0.15) is 16.1 Å². The summed E-state index contributed by atoms with van der Waals surface area (Å²) in [5.74, 6) is 0.817. The number of hydrogen-bond donors (Lipinski definition) is 1. The van der Waals surface area contributed by atoms with Crippen molar-refractivity contribution in [3.8, 4) is 0 Å². The summed E-state index contributed by atoms with van der Waals surface area (Å²) < 4.78 is 26.5. The maximum atomic E-state index is 12.3. The molecule has 1 saturated carbocycles. The van der Waals surface area contributed by atoms with E-state index in [1.54, 1.807) is 24.9 Å². The molecule has 0 saturated heterocycles. The van der Waals surface area contributed by atoms with Gasteiger partial charge in [-0.25, -0.2) is 8.42 Å². The van der Waals surface area contributed by atoms with Crippen LogP contribution in [-0.2, 0) is 16.6 Å². The molecule has 1 aliphatic rings. The topological polar surface area (TPSA) is 49.4 Å². The van der Waals surface area contributed by atoms with E-state index in [4.69, 9.17) is 0 Å². The summed E-state index contributed by atoms with van der Waals surface area (Å²) in [5, 5.41) is 5.33. The Morgan fingerprint density at radius 2 is 2.26 bits per heavy atom. The van der Waals surface area contributed by atoms with E-state index in [0.717, 1.165) is 17.9 Å². The Morgan fingerprint density at radius 3 is 2.89 bits per heavy atom. The maximum absolute atomic E-state index is 12.3. The van der Waals surface area contributed by atoms with Gasteiger partial charge in [-0.3, -0.25) is 0 Å². The van der Waals surface area contributed by atoms with Gasteiger partial charge in [0.15, 0.2) is 0 Å². The van der Waals surface area contributed by atoms with E-state index >= 15 is 0 Å². The molecule has 0 aliphatic heterocycles. The van der Waals surface area contributed by atoms with Crippen molar-refractivity contribution >= 4 is 33.1 Å². The van der Waals surface area contributed by atoms with Crippen LogP contribution < -0.4 is 5.32 Å². The molecule has 19 heavy (non-hydrogen) atoms. The fourth-order valence-electron chi connectivity index (χ4n) is 1.62. The molecule has 0 unspecified atom stereocenters. The first-order chi connectivity index (χ1) is 9.04. The summed E-state index contributed by atoms with van der Waals surface area (Å²) >= 11 is 2.97. The highest BCUT2D eigenvalue weighted by atomic mass is 32.2. The lowest BCUT2D eigenvalue weighted by Gasteiger charge is -2.14. The predicted molar refractivity (Wildman–Crippen MR) is 82.4 cm³/mol. The molecule has 1 heterocycles. The zero-order valence-corrected chi connectivity index (χ0v) is 13.7. The van der Waals surface area contributed by atoms with Crippen LogP contribution in [-0.4, -0.2) is 44.4 Å². The van der Waals surface area contributed by atoms with Gasteiger partial charge < -0.3 is 5.32 Å². The third kappa shape index (κ3) is 4.19. The highest BCUT2D eigenvalue weighted by Crippen LogP contribution is 2.25. The summed E-state index contributed by atoms with van der Waals surface area (Å²) in [6.07, 6.45) is 4.46. The number of thiophene rings is 1. The van der Waals surface area contributed by atoms with Crippen LogP contribution in [0.1, 0.15) is 18.4 Å². The molecule has 7 heteroatoms. The molecular weight excluding hydrogens is 300 g/mol. The number of thioether (sulfide) groups is 1. The smallest absolute Gasteiger partial charge is 0.252 e. The molecule has 1 aromatic rings. The van der Waals surface area contributed by atoms with Crippen LogP contribution in [0, 0.1) is 0 Å². The second-order valence-corrected chi connectivity index (χ2v) is 8.92. The number of sulfonamides is 1. The van der Waals surface area contributed by atoms with E-state index in [1.807, 2.05) is 11.6 Å². The number of rotatable bonds is 8. The normalized spacial score (nSPS) is 16.2. The van der Waals surface area contributed by atoms with Crippen LogP contribution in [0.3, 0.4) is 0 Å². The molecular formula is C12H20N2O2S3. The van der Waals surface area contributed by atoms with E-state index in [9.17, 15) is 8.42 Å². The number of hydrogen-bond acceptors (Lipinski definition) is 5. The van der Waals surface area contributed by atoms with Gasteiger partial charge >= 0.3 is 0 Å². The molecule has 1 aromatic heterocycles. The van der Waals surface area contributed by atoms with Gasteiger partial charge in [0.25, 0.3) is 10.0 Å². The minimum atomic E-state index is -3.30. The number of nitrogens with one attached hydrogen (secondary N) is 1. The summed E-state index contributed by atoms with van der Waals surface area (Å²) in [4.78, 5) is 0. The maximum Gasteiger partial charge on any atom is 0.252 e. The van der Waals surface area contributed by atoms with Crippen molar-refractivity contribution in [1.29, 1.82) is 0 Å². The lowest BCUT2D eigenvalue weighted by Crippen LogP contribution is -2.28. The van der Waals surface area contributed by atoms with Crippen molar-refractivity contribution in [2.75, 3.05) is 25.6 Å². The minimum Gasteiger partial charge on any atom is -0.310 e. The Bertz CT molecular complexity index is 509. The van der Waals surface area contributed by atoms with Crippen molar-refractivity contribution in [2.45, 2.75) is 29.6 Å². The molecule has 2 rings (SSSR count). The first-order valence-corrected chi connectivity index (χ1v) is 10.0. The molecule has 1 fully saturated rings. The van der Waals surface area contributed by atoms with Crippen molar-refractivity contribution < 1.29 is 8.42 Å². The molecule has 4 nitrogen and oxygen atoms in total. The van der Waals surface area contributed by atoms with Crippen molar-refractivity contribution in [3.63, 3.8) is 0 Å². The van der Waals surface area contributed by atoms with Gasteiger partial charge in [-0.05, 0) is 36.1 Å². The van der Waals surface area contributed by atoms with Crippen molar-refractivity contribution in [2.24, 2.45) is 0 Å². The standard InChI is InChI=1S/C12H20N2O2S3/c1-14(5-6-17-2)19(15,16)12-7-10(9-18-12)8-13-11-3-4-11/h7,9,11,13H,3-6,8H2,1-2H3. The van der Waals surface area contributed by atoms with Crippen LogP contribution in [0.2, 0.25) is 0 Å². The third-order valence-electron chi connectivity index (χ3n) is 3.08. The second-order valence-electron chi connectivity index (χ2n) is 4.75. The SMILES string of the molecule is CSCCN(C)S(=O)(=O)c1cc(CNC2CC2)cs1.